The van der Waals surface area contributed by atoms with Crippen LogP contribution in [0.15, 0.2) is 60.9 Å². The van der Waals surface area contributed by atoms with Crippen LogP contribution in [0.5, 0.6) is 0 Å². The Morgan fingerprint density at radius 2 is 1.95 bits per heavy atom. The van der Waals surface area contributed by atoms with E-state index in [0.29, 0.717) is 16.4 Å². The summed E-state index contributed by atoms with van der Waals surface area (Å²) in [5, 5.41) is 3.58. The molecule has 0 aliphatic heterocycles. The fraction of sp³-hybridized carbons (Fsp3) is 0.0588. The van der Waals surface area contributed by atoms with Gasteiger partial charge >= 0.3 is 0 Å². The fourth-order valence-electron chi connectivity index (χ4n) is 2.05. The van der Waals surface area contributed by atoms with Crippen molar-refractivity contribution < 1.29 is 4.79 Å². The molecule has 3 aromatic rings. The molecule has 0 atom stereocenters. The molecule has 0 aliphatic rings. The van der Waals surface area contributed by atoms with Gasteiger partial charge in [-0.25, -0.2) is 0 Å². The molecule has 0 aliphatic carbocycles. The average Bonchev–Trinajstić information content (AvgIpc) is 3.04. The third-order valence-electron chi connectivity index (χ3n) is 3.14. The van der Waals surface area contributed by atoms with Crippen LogP contribution in [0.25, 0.3) is 10.4 Å². The van der Waals surface area contributed by atoms with Crippen LogP contribution in [0.4, 0.5) is 0 Å². The molecule has 2 heterocycles. The number of rotatable bonds is 4. The Bertz CT molecular complexity index is 786. The molecule has 22 heavy (non-hydrogen) atoms. The Labute approximate surface area is 137 Å². The van der Waals surface area contributed by atoms with Gasteiger partial charge in [0.1, 0.15) is 0 Å². The molecule has 110 valence electrons. The Kier molecular flexibility index (Phi) is 4.51. The first kappa shape index (κ1) is 14.8. The first-order valence-electron chi connectivity index (χ1n) is 6.75. The molecule has 0 fully saturated rings. The number of pyridine rings is 1. The zero-order valence-corrected chi connectivity index (χ0v) is 13.2. The minimum atomic E-state index is -0.0784. The number of aromatic nitrogens is 1. The van der Waals surface area contributed by atoms with Gasteiger partial charge in [0, 0.05) is 28.8 Å². The maximum absolute atomic E-state index is 12.2. The fourth-order valence-corrected chi connectivity index (χ4v) is 3.19. The van der Waals surface area contributed by atoms with E-state index in [9.17, 15) is 4.79 Å². The number of hydrogen-bond acceptors (Lipinski definition) is 3. The predicted octanol–water partition coefficient (Wildman–Crippen LogP) is 4.39. The highest BCUT2D eigenvalue weighted by Crippen LogP contribution is 2.27. The van der Waals surface area contributed by atoms with E-state index < -0.39 is 0 Å². The molecule has 3 rings (SSSR count). The summed E-state index contributed by atoms with van der Waals surface area (Å²) >= 11 is 7.40. The summed E-state index contributed by atoms with van der Waals surface area (Å²) in [5.74, 6) is -0.0784. The van der Waals surface area contributed by atoms with Gasteiger partial charge < -0.3 is 5.32 Å². The predicted molar refractivity (Wildman–Crippen MR) is 90.2 cm³/mol. The Morgan fingerprint density at radius 3 is 2.73 bits per heavy atom. The lowest BCUT2D eigenvalue weighted by Crippen LogP contribution is -2.21. The number of hydrogen-bond donors (Lipinski definition) is 1. The molecule has 0 bridgehead atoms. The number of carbonyl (C=O) groups is 1. The van der Waals surface area contributed by atoms with Crippen LogP contribution in [-0.4, -0.2) is 10.9 Å². The van der Waals surface area contributed by atoms with Gasteiger partial charge in [-0.15, -0.1) is 11.3 Å². The first-order valence-corrected chi connectivity index (χ1v) is 7.95. The van der Waals surface area contributed by atoms with Gasteiger partial charge in [0.05, 0.1) is 4.88 Å². The molecule has 3 nitrogen and oxygen atoms in total. The van der Waals surface area contributed by atoms with Crippen LogP contribution >= 0.6 is 22.9 Å². The van der Waals surface area contributed by atoms with E-state index in [4.69, 9.17) is 11.6 Å². The van der Waals surface area contributed by atoms with Gasteiger partial charge in [0.15, 0.2) is 0 Å². The standard InChI is InChI=1S/C17H13ClN2OS/c18-14-3-1-2-12(10-14)11-20-17(21)16-5-4-15(22-16)13-6-8-19-9-7-13/h1-10H,11H2,(H,20,21). The van der Waals surface area contributed by atoms with Crippen molar-refractivity contribution in [2.45, 2.75) is 6.54 Å². The molecule has 0 unspecified atom stereocenters. The molecule has 1 N–H and O–H groups in total. The van der Waals surface area contributed by atoms with Gasteiger partial charge in [0.2, 0.25) is 0 Å². The maximum atomic E-state index is 12.2. The van der Waals surface area contributed by atoms with Crippen LogP contribution in [0, 0.1) is 0 Å². The number of amides is 1. The summed E-state index contributed by atoms with van der Waals surface area (Å²) in [4.78, 5) is 17.9. The summed E-state index contributed by atoms with van der Waals surface area (Å²) in [6.07, 6.45) is 3.49. The smallest absolute Gasteiger partial charge is 0.261 e. The topological polar surface area (TPSA) is 42.0 Å². The monoisotopic (exact) mass is 328 g/mol. The molecule has 1 aromatic carbocycles. The number of carbonyl (C=O) groups excluding carboxylic acids is 1. The van der Waals surface area contributed by atoms with Gasteiger partial charge in [-0.1, -0.05) is 23.7 Å². The van der Waals surface area contributed by atoms with Crippen molar-refractivity contribution in [3.8, 4) is 10.4 Å². The van der Waals surface area contributed by atoms with Crippen LogP contribution in [0.2, 0.25) is 5.02 Å². The number of nitrogens with one attached hydrogen (secondary N) is 1. The van der Waals surface area contributed by atoms with Crippen molar-refractivity contribution in [3.05, 3.63) is 76.4 Å². The zero-order chi connectivity index (χ0) is 15.4. The molecular formula is C17H13ClN2OS. The van der Waals surface area contributed by atoms with Gasteiger partial charge in [-0.05, 0) is 47.5 Å². The van der Waals surface area contributed by atoms with E-state index in [2.05, 4.69) is 10.3 Å². The second-order valence-electron chi connectivity index (χ2n) is 4.71. The highest BCUT2D eigenvalue weighted by Gasteiger charge is 2.10. The molecule has 1 amide bonds. The average molecular weight is 329 g/mol. The molecule has 2 aromatic heterocycles. The molecule has 0 spiro atoms. The number of nitrogens with zero attached hydrogens (tertiary/aromatic N) is 1. The minimum Gasteiger partial charge on any atom is -0.347 e. The van der Waals surface area contributed by atoms with E-state index >= 15 is 0 Å². The molecular weight excluding hydrogens is 316 g/mol. The van der Waals surface area contributed by atoms with Crippen LogP contribution in [-0.2, 0) is 6.54 Å². The number of halogens is 1. The van der Waals surface area contributed by atoms with E-state index in [0.717, 1.165) is 16.0 Å². The molecule has 5 heteroatoms. The third-order valence-corrected chi connectivity index (χ3v) is 4.50. The lowest BCUT2D eigenvalue weighted by Gasteiger charge is -2.04. The normalized spacial score (nSPS) is 10.4. The summed E-state index contributed by atoms with van der Waals surface area (Å²) in [6, 6.07) is 15.1. The SMILES string of the molecule is O=C(NCc1cccc(Cl)c1)c1ccc(-c2ccncc2)s1. The number of thiophene rings is 1. The highest BCUT2D eigenvalue weighted by atomic mass is 35.5. The van der Waals surface area contributed by atoms with E-state index in [1.54, 1.807) is 12.4 Å². The minimum absolute atomic E-state index is 0.0784. The quantitative estimate of drug-likeness (QED) is 0.771. The van der Waals surface area contributed by atoms with Gasteiger partial charge in [-0.2, -0.15) is 0 Å². The van der Waals surface area contributed by atoms with Gasteiger partial charge in [-0.3, -0.25) is 9.78 Å². The summed E-state index contributed by atoms with van der Waals surface area (Å²) < 4.78 is 0. The third kappa shape index (κ3) is 3.53. The van der Waals surface area contributed by atoms with Crippen LogP contribution < -0.4 is 5.32 Å². The Balaban J connectivity index is 1.67. The first-order chi connectivity index (χ1) is 10.7. The van der Waals surface area contributed by atoms with Crippen molar-refractivity contribution in [2.24, 2.45) is 0 Å². The molecule has 0 saturated heterocycles. The highest BCUT2D eigenvalue weighted by molar-refractivity contribution is 7.17. The van der Waals surface area contributed by atoms with Crippen molar-refractivity contribution in [3.63, 3.8) is 0 Å². The zero-order valence-electron chi connectivity index (χ0n) is 11.6. The van der Waals surface area contributed by atoms with Crippen molar-refractivity contribution in [1.82, 2.24) is 10.3 Å². The van der Waals surface area contributed by atoms with E-state index in [-0.39, 0.29) is 5.91 Å². The van der Waals surface area contributed by atoms with Crippen molar-refractivity contribution >= 4 is 28.8 Å². The van der Waals surface area contributed by atoms with Gasteiger partial charge in [0.25, 0.3) is 5.91 Å². The Morgan fingerprint density at radius 1 is 1.14 bits per heavy atom. The largest absolute Gasteiger partial charge is 0.347 e. The van der Waals surface area contributed by atoms with Crippen LogP contribution in [0.1, 0.15) is 15.2 Å². The van der Waals surface area contributed by atoms with E-state index in [1.165, 1.54) is 11.3 Å². The van der Waals surface area contributed by atoms with E-state index in [1.807, 2.05) is 48.5 Å². The number of benzene rings is 1. The maximum Gasteiger partial charge on any atom is 0.261 e. The lowest BCUT2D eigenvalue weighted by molar-refractivity contribution is 0.0955. The second kappa shape index (κ2) is 6.73. The molecule has 0 radical (unpaired) electrons. The van der Waals surface area contributed by atoms with Crippen LogP contribution in [0.3, 0.4) is 0 Å². The van der Waals surface area contributed by atoms with Crippen molar-refractivity contribution in [1.29, 1.82) is 0 Å². The summed E-state index contributed by atoms with van der Waals surface area (Å²) in [6.45, 7) is 0.460. The van der Waals surface area contributed by atoms with Crippen molar-refractivity contribution in [2.75, 3.05) is 0 Å². The summed E-state index contributed by atoms with van der Waals surface area (Å²) in [7, 11) is 0. The summed E-state index contributed by atoms with van der Waals surface area (Å²) in [5.41, 5.74) is 2.04. The second-order valence-corrected chi connectivity index (χ2v) is 6.23. The Hall–Kier alpha value is -2.17. The lowest BCUT2D eigenvalue weighted by atomic mass is 10.2. The molecule has 0 saturated carbocycles.